The molecule has 20 heavy (non-hydrogen) atoms. The van der Waals surface area contributed by atoms with Gasteiger partial charge in [0.1, 0.15) is 0 Å². The molecule has 6 heteroatoms. The second-order valence-corrected chi connectivity index (χ2v) is 5.55. The molecule has 0 spiro atoms. The predicted octanol–water partition coefficient (Wildman–Crippen LogP) is -0.164. The summed E-state index contributed by atoms with van der Waals surface area (Å²) in [4.78, 5) is 27.3. The van der Waals surface area contributed by atoms with Crippen LogP contribution < -0.4 is 5.32 Å². The molecule has 1 aliphatic heterocycles. The number of rotatable bonds is 7. The lowest BCUT2D eigenvalue weighted by atomic mass is 10.3. The average molecular weight is 283 g/mol. The van der Waals surface area contributed by atoms with E-state index in [1.165, 1.54) is 0 Å². The number of carbonyl (C=O) groups is 2. The standard InChI is InChI=1S/C14H25N3O3/c1-12(18)17(5-4-14(19)15-13-2-3-13)7-6-16-8-10-20-11-9-16/h13H,2-11H2,1H3,(H,15,19). The van der Waals surface area contributed by atoms with Crippen LogP contribution in [-0.4, -0.2) is 73.6 Å². The Morgan fingerprint density at radius 3 is 2.55 bits per heavy atom. The van der Waals surface area contributed by atoms with Gasteiger partial charge >= 0.3 is 0 Å². The maximum Gasteiger partial charge on any atom is 0.221 e. The monoisotopic (exact) mass is 283 g/mol. The molecule has 1 heterocycles. The van der Waals surface area contributed by atoms with Crippen molar-refractivity contribution in [2.75, 3.05) is 45.9 Å². The van der Waals surface area contributed by atoms with Crippen LogP contribution in [-0.2, 0) is 14.3 Å². The van der Waals surface area contributed by atoms with Crippen LogP contribution in [0.2, 0.25) is 0 Å². The van der Waals surface area contributed by atoms with E-state index < -0.39 is 0 Å². The Hall–Kier alpha value is -1.14. The van der Waals surface area contributed by atoms with Crippen LogP contribution >= 0.6 is 0 Å². The lowest BCUT2D eigenvalue weighted by Crippen LogP contribution is -2.43. The minimum atomic E-state index is 0.0393. The van der Waals surface area contributed by atoms with Crippen molar-refractivity contribution in [1.29, 1.82) is 0 Å². The van der Waals surface area contributed by atoms with E-state index in [0.29, 0.717) is 25.6 Å². The molecule has 1 saturated heterocycles. The zero-order chi connectivity index (χ0) is 14.4. The van der Waals surface area contributed by atoms with E-state index in [1.54, 1.807) is 11.8 Å². The SMILES string of the molecule is CC(=O)N(CCC(=O)NC1CC1)CCN1CCOCC1. The van der Waals surface area contributed by atoms with Gasteiger partial charge in [0.05, 0.1) is 13.2 Å². The zero-order valence-corrected chi connectivity index (χ0v) is 12.3. The van der Waals surface area contributed by atoms with Gasteiger partial charge in [0, 0.05) is 52.1 Å². The highest BCUT2D eigenvalue weighted by Crippen LogP contribution is 2.18. The molecule has 114 valence electrons. The summed E-state index contributed by atoms with van der Waals surface area (Å²) in [6, 6.07) is 0.390. The number of nitrogens with one attached hydrogen (secondary N) is 1. The average Bonchev–Trinajstić information content (AvgIpc) is 3.23. The van der Waals surface area contributed by atoms with Crippen LogP contribution in [0.3, 0.4) is 0 Å². The maximum atomic E-state index is 11.7. The van der Waals surface area contributed by atoms with Crippen molar-refractivity contribution in [3.05, 3.63) is 0 Å². The summed E-state index contributed by atoms with van der Waals surface area (Å²) >= 11 is 0. The highest BCUT2D eigenvalue weighted by atomic mass is 16.5. The predicted molar refractivity (Wildman–Crippen MR) is 75.3 cm³/mol. The minimum Gasteiger partial charge on any atom is -0.379 e. The van der Waals surface area contributed by atoms with Crippen molar-refractivity contribution in [2.24, 2.45) is 0 Å². The first kappa shape index (κ1) is 15.3. The molecule has 2 aliphatic rings. The van der Waals surface area contributed by atoms with Gasteiger partial charge in [-0.3, -0.25) is 14.5 Å². The fourth-order valence-corrected chi connectivity index (χ4v) is 2.28. The number of carbonyl (C=O) groups excluding carboxylic acids is 2. The van der Waals surface area contributed by atoms with E-state index in [2.05, 4.69) is 10.2 Å². The Bertz CT molecular complexity index is 339. The Labute approximate surface area is 120 Å². The highest BCUT2D eigenvalue weighted by Gasteiger charge is 2.23. The quantitative estimate of drug-likeness (QED) is 0.705. The van der Waals surface area contributed by atoms with Gasteiger partial charge in [0.2, 0.25) is 11.8 Å². The normalized spacial score (nSPS) is 19.6. The van der Waals surface area contributed by atoms with Crippen LogP contribution in [0.4, 0.5) is 0 Å². The third-order valence-corrected chi connectivity index (χ3v) is 3.79. The van der Waals surface area contributed by atoms with Gasteiger partial charge in [0.25, 0.3) is 0 Å². The van der Waals surface area contributed by atoms with Crippen molar-refractivity contribution < 1.29 is 14.3 Å². The second kappa shape index (κ2) is 7.59. The number of amides is 2. The summed E-state index contributed by atoms with van der Waals surface area (Å²) in [5, 5.41) is 2.95. The van der Waals surface area contributed by atoms with Crippen molar-refractivity contribution in [3.63, 3.8) is 0 Å². The molecule has 6 nitrogen and oxygen atoms in total. The molecule has 0 aromatic carbocycles. The topological polar surface area (TPSA) is 61.9 Å². The van der Waals surface area contributed by atoms with Crippen molar-refractivity contribution >= 4 is 11.8 Å². The fourth-order valence-electron chi connectivity index (χ4n) is 2.28. The largest absolute Gasteiger partial charge is 0.379 e. The Kier molecular flexibility index (Phi) is 5.79. The van der Waals surface area contributed by atoms with Crippen LogP contribution in [0.1, 0.15) is 26.2 Å². The van der Waals surface area contributed by atoms with E-state index in [0.717, 1.165) is 45.7 Å². The van der Waals surface area contributed by atoms with Gasteiger partial charge in [-0.2, -0.15) is 0 Å². The maximum absolute atomic E-state index is 11.7. The lowest BCUT2D eigenvalue weighted by Gasteiger charge is -2.29. The molecule has 1 N–H and O–H groups in total. The summed E-state index contributed by atoms with van der Waals surface area (Å²) in [5.74, 6) is 0.0996. The van der Waals surface area contributed by atoms with Gasteiger partial charge in [0.15, 0.2) is 0 Å². The molecule has 2 amide bonds. The molecule has 0 aromatic heterocycles. The number of hydrogen-bond donors (Lipinski definition) is 1. The second-order valence-electron chi connectivity index (χ2n) is 5.55. The van der Waals surface area contributed by atoms with E-state index in [9.17, 15) is 9.59 Å². The first-order valence-corrected chi connectivity index (χ1v) is 7.50. The zero-order valence-electron chi connectivity index (χ0n) is 12.3. The molecule has 2 rings (SSSR count). The summed E-state index contributed by atoms with van der Waals surface area (Å²) in [7, 11) is 0. The van der Waals surface area contributed by atoms with Crippen LogP contribution in [0.25, 0.3) is 0 Å². The summed E-state index contributed by atoms with van der Waals surface area (Å²) in [5.41, 5.74) is 0. The van der Waals surface area contributed by atoms with Crippen molar-refractivity contribution in [2.45, 2.75) is 32.2 Å². The van der Waals surface area contributed by atoms with Gasteiger partial charge in [-0.25, -0.2) is 0 Å². The van der Waals surface area contributed by atoms with Gasteiger partial charge in [-0.15, -0.1) is 0 Å². The van der Waals surface area contributed by atoms with Gasteiger partial charge in [-0.1, -0.05) is 0 Å². The smallest absolute Gasteiger partial charge is 0.221 e. The Balaban J connectivity index is 1.66. The molecular formula is C14H25N3O3. The van der Waals surface area contributed by atoms with Crippen molar-refractivity contribution in [1.82, 2.24) is 15.1 Å². The summed E-state index contributed by atoms with van der Waals surface area (Å²) in [6.45, 7) is 7.01. The first-order valence-electron chi connectivity index (χ1n) is 7.50. The summed E-state index contributed by atoms with van der Waals surface area (Å²) < 4.78 is 5.30. The van der Waals surface area contributed by atoms with E-state index >= 15 is 0 Å². The van der Waals surface area contributed by atoms with Gasteiger partial charge in [-0.05, 0) is 12.8 Å². The Morgan fingerprint density at radius 2 is 1.95 bits per heavy atom. The van der Waals surface area contributed by atoms with Crippen molar-refractivity contribution in [3.8, 4) is 0 Å². The van der Waals surface area contributed by atoms with Crippen LogP contribution in [0, 0.1) is 0 Å². The van der Waals surface area contributed by atoms with E-state index in [-0.39, 0.29) is 11.8 Å². The minimum absolute atomic E-state index is 0.0393. The molecule has 0 atom stereocenters. The molecule has 1 saturated carbocycles. The molecular weight excluding hydrogens is 258 g/mol. The first-order chi connectivity index (χ1) is 9.65. The number of nitrogens with zero attached hydrogens (tertiary/aromatic N) is 2. The fraction of sp³-hybridized carbons (Fsp3) is 0.857. The third-order valence-electron chi connectivity index (χ3n) is 3.79. The van der Waals surface area contributed by atoms with Gasteiger partial charge < -0.3 is 15.0 Å². The third kappa shape index (κ3) is 5.46. The molecule has 1 aliphatic carbocycles. The number of ether oxygens (including phenoxy) is 1. The molecule has 2 fully saturated rings. The van der Waals surface area contributed by atoms with Crippen LogP contribution in [0.15, 0.2) is 0 Å². The molecule has 0 aromatic rings. The number of hydrogen-bond acceptors (Lipinski definition) is 4. The van der Waals surface area contributed by atoms with E-state index in [1.807, 2.05) is 0 Å². The molecule has 0 unspecified atom stereocenters. The number of morpholine rings is 1. The van der Waals surface area contributed by atoms with Crippen LogP contribution in [0.5, 0.6) is 0 Å². The van der Waals surface area contributed by atoms with E-state index in [4.69, 9.17) is 4.74 Å². The Morgan fingerprint density at radius 1 is 1.25 bits per heavy atom. The highest BCUT2D eigenvalue weighted by molar-refractivity contribution is 5.78. The lowest BCUT2D eigenvalue weighted by molar-refractivity contribution is -0.130. The molecule has 0 radical (unpaired) electrons. The molecule has 0 bridgehead atoms. The summed E-state index contributed by atoms with van der Waals surface area (Å²) in [6.07, 6.45) is 2.59.